The molecule has 0 radical (unpaired) electrons. The summed E-state index contributed by atoms with van der Waals surface area (Å²) in [7, 11) is 2.00. The molecular formula is C7H16O2Ti. The average Bonchev–Trinajstić information content (AvgIpc) is 1.98. The Morgan fingerprint density at radius 3 is 1.40 bits per heavy atom. The minimum Gasteiger partial charge on any atom is -0.400 e. The van der Waals surface area contributed by atoms with Gasteiger partial charge in [-0.2, -0.15) is 0 Å². The van der Waals surface area contributed by atoms with Gasteiger partial charge in [0.05, 0.1) is 0 Å². The molecule has 0 aliphatic carbocycles. The van der Waals surface area contributed by atoms with E-state index in [2.05, 4.69) is 6.58 Å². The first kappa shape index (κ1) is 22.5. The maximum absolute atomic E-state index is 7.00. The molecule has 10 heavy (non-hydrogen) atoms. The summed E-state index contributed by atoms with van der Waals surface area (Å²) in [6, 6.07) is 0. The summed E-state index contributed by atoms with van der Waals surface area (Å²) in [5.41, 5.74) is 0. The van der Waals surface area contributed by atoms with Crippen molar-refractivity contribution in [3.63, 3.8) is 0 Å². The molecule has 60 valence electrons. The first-order valence-corrected chi connectivity index (χ1v) is 2.55. The van der Waals surface area contributed by atoms with Crippen molar-refractivity contribution in [2.75, 3.05) is 14.2 Å². The van der Waals surface area contributed by atoms with E-state index in [1.54, 1.807) is 6.08 Å². The Balaban J connectivity index is -0.0000000315. The van der Waals surface area contributed by atoms with Crippen LogP contribution in [0.15, 0.2) is 24.8 Å². The second-order valence-corrected chi connectivity index (χ2v) is 0.761. The fourth-order valence-electron chi connectivity index (χ4n) is 0.136. The topological polar surface area (TPSA) is 40.5 Å². The summed E-state index contributed by atoms with van der Waals surface area (Å²) in [5.74, 6) is 0. The van der Waals surface area contributed by atoms with Crippen molar-refractivity contribution in [1.82, 2.24) is 0 Å². The van der Waals surface area contributed by atoms with E-state index < -0.39 is 0 Å². The smallest absolute Gasteiger partial charge is 0.0319 e. The molecule has 0 rings (SSSR count). The Morgan fingerprint density at radius 1 is 1.10 bits per heavy atom. The van der Waals surface area contributed by atoms with Crippen LogP contribution in [0.4, 0.5) is 0 Å². The molecule has 3 heteroatoms. The van der Waals surface area contributed by atoms with Crippen LogP contribution >= 0.6 is 0 Å². The largest absolute Gasteiger partial charge is 0.400 e. The van der Waals surface area contributed by atoms with E-state index in [0.29, 0.717) is 0 Å². The van der Waals surface area contributed by atoms with Crippen LogP contribution < -0.4 is 0 Å². The van der Waals surface area contributed by atoms with E-state index in [9.17, 15) is 0 Å². The maximum Gasteiger partial charge on any atom is 0.0319 e. The van der Waals surface area contributed by atoms with Crippen molar-refractivity contribution < 1.29 is 31.9 Å². The molecule has 0 aliphatic heterocycles. The number of hydrogen-bond acceptors (Lipinski definition) is 2. The number of allylic oxidation sites excluding steroid dienone is 3. The van der Waals surface area contributed by atoms with Gasteiger partial charge in [-0.05, 0) is 6.92 Å². The summed E-state index contributed by atoms with van der Waals surface area (Å²) in [4.78, 5) is 0. The van der Waals surface area contributed by atoms with Crippen LogP contribution in [0, 0.1) is 0 Å². The molecule has 0 aromatic carbocycles. The van der Waals surface area contributed by atoms with E-state index >= 15 is 0 Å². The molecular weight excluding hydrogens is 164 g/mol. The second-order valence-electron chi connectivity index (χ2n) is 0.761. The molecule has 0 atom stereocenters. The minimum atomic E-state index is 0. The first-order valence-electron chi connectivity index (χ1n) is 2.55. The summed E-state index contributed by atoms with van der Waals surface area (Å²) >= 11 is 0. The zero-order valence-electron chi connectivity index (χ0n) is 6.83. The molecule has 0 spiro atoms. The monoisotopic (exact) mass is 180 g/mol. The standard InChI is InChI=1S/C5H8.2CH4O.Ti/c1-3-5-4-2;2*1-2;/h3-5H,1H2,2H3;2*2H,1H3;. The van der Waals surface area contributed by atoms with Gasteiger partial charge in [0.1, 0.15) is 0 Å². The van der Waals surface area contributed by atoms with E-state index in [4.69, 9.17) is 10.2 Å². The number of aliphatic hydroxyl groups is 2. The Hall–Kier alpha value is 0.114. The van der Waals surface area contributed by atoms with E-state index in [1.165, 1.54) is 0 Å². The zero-order valence-corrected chi connectivity index (χ0v) is 8.40. The van der Waals surface area contributed by atoms with Gasteiger partial charge in [0, 0.05) is 35.9 Å². The SMILES string of the molecule is C=CC=CC.CO.CO.[Ti]. The van der Waals surface area contributed by atoms with Gasteiger partial charge in [-0.1, -0.05) is 24.8 Å². The summed E-state index contributed by atoms with van der Waals surface area (Å²) in [6.45, 7) is 5.42. The molecule has 0 aromatic heterocycles. The van der Waals surface area contributed by atoms with Gasteiger partial charge in [0.2, 0.25) is 0 Å². The molecule has 0 aliphatic rings. The van der Waals surface area contributed by atoms with Crippen molar-refractivity contribution in [1.29, 1.82) is 0 Å². The summed E-state index contributed by atoms with van der Waals surface area (Å²) in [5, 5.41) is 14.0. The van der Waals surface area contributed by atoms with Crippen molar-refractivity contribution in [2.24, 2.45) is 0 Å². The summed E-state index contributed by atoms with van der Waals surface area (Å²) < 4.78 is 0. The maximum atomic E-state index is 7.00. The van der Waals surface area contributed by atoms with Gasteiger partial charge < -0.3 is 10.2 Å². The molecule has 2 N–H and O–H groups in total. The molecule has 0 heterocycles. The van der Waals surface area contributed by atoms with E-state index in [1.807, 2.05) is 19.1 Å². The van der Waals surface area contributed by atoms with Crippen LogP contribution in [0.25, 0.3) is 0 Å². The number of rotatable bonds is 1. The van der Waals surface area contributed by atoms with Crippen molar-refractivity contribution >= 4 is 0 Å². The van der Waals surface area contributed by atoms with Crippen LogP contribution in [-0.4, -0.2) is 24.4 Å². The third-order valence-electron chi connectivity index (χ3n) is 0.329. The molecule has 0 amide bonds. The van der Waals surface area contributed by atoms with Crippen molar-refractivity contribution in [3.05, 3.63) is 24.8 Å². The first-order chi connectivity index (χ1) is 4.41. The molecule has 0 unspecified atom stereocenters. The molecule has 2 nitrogen and oxygen atoms in total. The van der Waals surface area contributed by atoms with Gasteiger partial charge in [-0.3, -0.25) is 0 Å². The fraction of sp³-hybridized carbons (Fsp3) is 0.429. The van der Waals surface area contributed by atoms with E-state index in [0.717, 1.165) is 14.2 Å². The van der Waals surface area contributed by atoms with Crippen LogP contribution in [0.1, 0.15) is 6.92 Å². The predicted octanol–water partition coefficient (Wildman–Crippen LogP) is 0.963. The Morgan fingerprint density at radius 2 is 1.40 bits per heavy atom. The fourth-order valence-corrected chi connectivity index (χ4v) is 0.136. The van der Waals surface area contributed by atoms with Crippen LogP contribution in [0.3, 0.4) is 0 Å². The minimum absolute atomic E-state index is 0. The van der Waals surface area contributed by atoms with E-state index in [-0.39, 0.29) is 21.7 Å². The van der Waals surface area contributed by atoms with Crippen molar-refractivity contribution in [3.8, 4) is 0 Å². The third kappa shape index (κ3) is 91.9. The predicted molar refractivity (Wildman–Crippen MR) is 41.3 cm³/mol. The van der Waals surface area contributed by atoms with Crippen molar-refractivity contribution in [2.45, 2.75) is 6.92 Å². The zero-order chi connectivity index (χ0) is 8.12. The number of hydrogen-bond donors (Lipinski definition) is 2. The quantitative estimate of drug-likeness (QED) is 0.466. The van der Waals surface area contributed by atoms with Gasteiger partial charge in [0.25, 0.3) is 0 Å². The van der Waals surface area contributed by atoms with Gasteiger partial charge in [-0.25, -0.2) is 0 Å². The normalized spacial score (nSPS) is 5.70. The van der Waals surface area contributed by atoms with Gasteiger partial charge in [-0.15, -0.1) is 0 Å². The Bertz CT molecular complexity index is 53.6. The van der Waals surface area contributed by atoms with Crippen LogP contribution in [0.2, 0.25) is 0 Å². The number of aliphatic hydroxyl groups excluding tert-OH is 2. The average molecular weight is 180 g/mol. The third-order valence-corrected chi connectivity index (χ3v) is 0.329. The van der Waals surface area contributed by atoms with Gasteiger partial charge >= 0.3 is 0 Å². The Kier molecular flexibility index (Phi) is 139. The molecule has 0 fully saturated rings. The molecule has 0 aromatic rings. The summed E-state index contributed by atoms with van der Waals surface area (Å²) in [6.07, 6.45) is 5.58. The molecule has 0 saturated heterocycles. The molecule has 0 bridgehead atoms. The van der Waals surface area contributed by atoms with Crippen LogP contribution in [-0.2, 0) is 21.7 Å². The Labute approximate surface area is 78.2 Å². The molecule has 0 saturated carbocycles. The van der Waals surface area contributed by atoms with Gasteiger partial charge in [0.15, 0.2) is 0 Å². The van der Waals surface area contributed by atoms with Crippen LogP contribution in [0.5, 0.6) is 0 Å². The second kappa shape index (κ2) is 61.9.